The van der Waals surface area contributed by atoms with Crippen LogP contribution in [0.1, 0.15) is 17.2 Å². The summed E-state index contributed by atoms with van der Waals surface area (Å²) in [6.07, 6.45) is -1.02. The van der Waals surface area contributed by atoms with Crippen LogP contribution in [-0.2, 0) is 11.3 Å². The fourth-order valence-electron chi connectivity index (χ4n) is 2.29. The van der Waals surface area contributed by atoms with Gasteiger partial charge in [0.05, 0.1) is 12.2 Å². The van der Waals surface area contributed by atoms with Gasteiger partial charge >= 0.3 is 0 Å². The molecule has 18 heavy (non-hydrogen) atoms. The van der Waals surface area contributed by atoms with Crippen molar-refractivity contribution in [3.05, 3.63) is 65.7 Å². The quantitative estimate of drug-likeness (QED) is 0.873. The minimum Gasteiger partial charge on any atom is -0.378 e. The Balaban J connectivity index is 1.96. The van der Waals surface area contributed by atoms with Crippen molar-refractivity contribution >= 4 is 11.6 Å². The van der Waals surface area contributed by atoms with Crippen LogP contribution in [0.25, 0.3) is 0 Å². The van der Waals surface area contributed by atoms with E-state index in [0.29, 0.717) is 12.1 Å². The molecule has 1 heterocycles. The summed E-state index contributed by atoms with van der Waals surface area (Å²) in [6, 6.07) is 17.1. The van der Waals surface area contributed by atoms with Gasteiger partial charge in [-0.1, -0.05) is 48.5 Å². The molecule has 3 rings (SSSR count). The molecule has 0 spiro atoms. The molecule has 0 bridgehead atoms. The van der Waals surface area contributed by atoms with Crippen molar-refractivity contribution in [2.45, 2.75) is 12.6 Å². The van der Waals surface area contributed by atoms with Gasteiger partial charge in [0, 0.05) is 5.56 Å². The van der Waals surface area contributed by atoms with Crippen LogP contribution in [0.15, 0.2) is 54.6 Å². The van der Waals surface area contributed by atoms with Gasteiger partial charge in [0.2, 0.25) is 0 Å². The first-order chi connectivity index (χ1) is 8.77. The number of carbonyl (C=O) groups excluding carboxylic acids is 1. The number of hydrogen-bond acceptors (Lipinski definition) is 2. The summed E-state index contributed by atoms with van der Waals surface area (Å²) in [5.74, 6) is -0.250. The van der Waals surface area contributed by atoms with Crippen LogP contribution in [0.5, 0.6) is 0 Å². The van der Waals surface area contributed by atoms with E-state index in [2.05, 4.69) is 0 Å². The number of para-hydroxylation sites is 1. The first-order valence-electron chi connectivity index (χ1n) is 5.89. The number of benzene rings is 2. The van der Waals surface area contributed by atoms with Gasteiger partial charge in [0.15, 0.2) is 6.10 Å². The third kappa shape index (κ3) is 1.69. The average Bonchev–Trinajstić information content (AvgIpc) is 2.66. The van der Waals surface area contributed by atoms with E-state index in [9.17, 15) is 9.90 Å². The van der Waals surface area contributed by atoms with Crippen molar-refractivity contribution in [1.29, 1.82) is 0 Å². The number of amides is 1. The Morgan fingerprint density at radius 1 is 1.00 bits per heavy atom. The maximum atomic E-state index is 12.0. The zero-order valence-corrected chi connectivity index (χ0v) is 9.78. The molecule has 1 atom stereocenters. The minimum atomic E-state index is -1.02. The maximum Gasteiger partial charge on any atom is 0.260 e. The van der Waals surface area contributed by atoms with Gasteiger partial charge in [-0.3, -0.25) is 4.79 Å². The summed E-state index contributed by atoms with van der Waals surface area (Å²) in [5.41, 5.74) is 2.55. The number of aliphatic hydroxyl groups excluding tert-OH is 1. The molecule has 0 saturated carbocycles. The molecule has 1 aliphatic rings. The highest BCUT2D eigenvalue weighted by Gasteiger charge is 2.35. The molecule has 0 aliphatic carbocycles. The topological polar surface area (TPSA) is 40.5 Å². The Labute approximate surface area is 105 Å². The van der Waals surface area contributed by atoms with Crippen LogP contribution in [0.4, 0.5) is 5.69 Å². The molecule has 2 aromatic carbocycles. The van der Waals surface area contributed by atoms with Crippen LogP contribution in [0, 0.1) is 0 Å². The van der Waals surface area contributed by atoms with E-state index in [1.54, 1.807) is 11.0 Å². The Morgan fingerprint density at radius 2 is 1.67 bits per heavy atom. The molecule has 3 nitrogen and oxygen atoms in total. The molecule has 0 radical (unpaired) electrons. The van der Waals surface area contributed by atoms with E-state index in [-0.39, 0.29) is 5.91 Å². The van der Waals surface area contributed by atoms with E-state index in [4.69, 9.17) is 0 Å². The molecule has 90 valence electrons. The second-order valence-electron chi connectivity index (χ2n) is 4.37. The Kier molecular flexibility index (Phi) is 2.61. The van der Waals surface area contributed by atoms with Crippen molar-refractivity contribution < 1.29 is 9.90 Å². The highest BCUT2D eigenvalue weighted by molar-refractivity contribution is 6.03. The number of aliphatic hydroxyl groups is 1. The first kappa shape index (κ1) is 11.0. The highest BCUT2D eigenvalue weighted by atomic mass is 16.3. The van der Waals surface area contributed by atoms with Crippen LogP contribution in [0.3, 0.4) is 0 Å². The van der Waals surface area contributed by atoms with Gasteiger partial charge in [0.25, 0.3) is 5.91 Å². The van der Waals surface area contributed by atoms with E-state index in [0.717, 1.165) is 11.3 Å². The number of fused-ring (bicyclic) bond motifs is 1. The molecule has 2 aromatic rings. The zero-order chi connectivity index (χ0) is 12.5. The third-order valence-corrected chi connectivity index (χ3v) is 3.21. The van der Waals surface area contributed by atoms with Gasteiger partial charge in [-0.25, -0.2) is 0 Å². The number of hydrogen-bond donors (Lipinski definition) is 1. The second kappa shape index (κ2) is 4.27. The summed E-state index contributed by atoms with van der Waals surface area (Å²) in [6.45, 7) is 0.494. The normalized spacial score (nSPS) is 17.9. The lowest BCUT2D eigenvalue weighted by Gasteiger charge is -2.17. The standard InChI is InChI=1S/C15H13NO2/c17-14-12-8-4-5-9-13(12)16(15(14)18)10-11-6-2-1-3-7-11/h1-9,14,17H,10H2. The van der Waals surface area contributed by atoms with E-state index in [1.807, 2.05) is 48.5 Å². The largest absolute Gasteiger partial charge is 0.378 e. The Bertz CT molecular complexity index is 580. The monoisotopic (exact) mass is 239 g/mol. The first-order valence-corrected chi connectivity index (χ1v) is 5.89. The lowest BCUT2D eigenvalue weighted by Crippen LogP contribution is -2.28. The van der Waals surface area contributed by atoms with Crippen LogP contribution >= 0.6 is 0 Å². The highest BCUT2D eigenvalue weighted by Crippen LogP contribution is 2.36. The van der Waals surface area contributed by atoms with Crippen LogP contribution < -0.4 is 4.90 Å². The summed E-state index contributed by atoms with van der Waals surface area (Å²) in [7, 11) is 0. The van der Waals surface area contributed by atoms with Gasteiger partial charge in [-0.15, -0.1) is 0 Å². The Hall–Kier alpha value is -2.13. The number of rotatable bonds is 2. The van der Waals surface area contributed by atoms with E-state index < -0.39 is 6.10 Å². The predicted molar refractivity (Wildman–Crippen MR) is 69.0 cm³/mol. The molecule has 3 heteroatoms. The maximum absolute atomic E-state index is 12.0. The molecule has 0 aromatic heterocycles. The lowest BCUT2D eigenvalue weighted by molar-refractivity contribution is -0.125. The average molecular weight is 239 g/mol. The molecule has 1 unspecified atom stereocenters. The molecule has 1 aliphatic heterocycles. The Morgan fingerprint density at radius 3 is 2.44 bits per heavy atom. The van der Waals surface area contributed by atoms with Gasteiger partial charge in [-0.05, 0) is 11.6 Å². The number of carbonyl (C=O) groups is 1. The molecule has 0 saturated heterocycles. The lowest BCUT2D eigenvalue weighted by atomic mass is 10.1. The summed E-state index contributed by atoms with van der Waals surface area (Å²) < 4.78 is 0. The van der Waals surface area contributed by atoms with Gasteiger partial charge in [-0.2, -0.15) is 0 Å². The number of anilines is 1. The van der Waals surface area contributed by atoms with Gasteiger partial charge in [0.1, 0.15) is 0 Å². The van der Waals surface area contributed by atoms with E-state index in [1.165, 1.54) is 0 Å². The van der Waals surface area contributed by atoms with Crippen molar-refractivity contribution in [2.24, 2.45) is 0 Å². The van der Waals surface area contributed by atoms with Gasteiger partial charge < -0.3 is 10.0 Å². The van der Waals surface area contributed by atoms with Crippen molar-refractivity contribution in [3.63, 3.8) is 0 Å². The second-order valence-corrected chi connectivity index (χ2v) is 4.37. The summed E-state index contributed by atoms with van der Waals surface area (Å²) in [5, 5.41) is 9.91. The summed E-state index contributed by atoms with van der Waals surface area (Å²) >= 11 is 0. The molecule has 1 N–H and O–H groups in total. The predicted octanol–water partition coefficient (Wildman–Crippen LogP) is 2.27. The zero-order valence-electron chi connectivity index (χ0n) is 9.78. The van der Waals surface area contributed by atoms with Crippen LogP contribution in [-0.4, -0.2) is 11.0 Å². The van der Waals surface area contributed by atoms with Crippen molar-refractivity contribution in [3.8, 4) is 0 Å². The smallest absolute Gasteiger partial charge is 0.260 e. The molecule has 1 amide bonds. The fraction of sp³-hybridized carbons (Fsp3) is 0.133. The minimum absolute atomic E-state index is 0.250. The third-order valence-electron chi connectivity index (χ3n) is 3.21. The van der Waals surface area contributed by atoms with Crippen molar-refractivity contribution in [1.82, 2.24) is 0 Å². The molecular weight excluding hydrogens is 226 g/mol. The SMILES string of the molecule is O=C1C(O)c2ccccc2N1Cc1ccccc1. The molecule has 0 fully saturated rings. The summed E-state index contributed by atoms with van der Waals surface area (Å²) in [4.78, 5) is 13.7. The number of nitrogens with zero attached hydrogens (tertiary/aromatic N) is 1. The fourth-order valence-corrected chi connectivity index (χ4v) is 2.29. The van der Waals surface area contributed by atoms with Crippen molar-refractivity contribution in [2.75, 3.05) is 4.90 Å². The van der Waals surface area contributed by atoms with Crippen LogP contribution in [0.2, 0.25) is 0 Å². The molecular formula is C15H13NO2. The van der Waals surface area contributed by atoms with E-state index >= 15 is 0 Å².